The van der Waals surface area contributed by atoms with Crippen molar-refractivity contribution < 1.29 is 19.5 Å². The lowest BCUT2D eigenvalue weighted by Crippen LogP contribution is -2.34. The zero-order valence-electron chi connectivity index (χ0n) is 14.6. The number of carbonyl (C=O) groups is 3. The van der Waals surface area contributed by atoms with Crippen LogP contribution in [0.15, 0.2) is 66.7 Å². The number of hydrogen-bond acceptors (Lipinski definition) is 6. The topological polar surface area (TPSA) is 89.5 Å². The smallest absolute Gasteiger partial charge is 0.291 e. The highest BCUT2D eigenvalue weighted by Crippen LogP contribution is 2.32. The van der Waals surface area contributed by atoms with Crippen LogP contribution >= 0.6 is 11.8 Å². The summed E-state index contributed by atoms with van der Waals surface area (Å²) in [7, 11) is 0. The third kappa shape index (κ3) is 3.44. The number of amides is 2. The molecule has 1 fully saturated rings. The van der Waals surface area contributed by atoms with E-state index in [0.29, 0.717) is 5.56 Å². The van der Waals surface area contributed by atoms with Gasteiger partial charge in [0.2, 0.25) is 0 Å². The van der Waals surface area contributed by atoms with Gasteiger partial charge in [0.05, 0.1) is 12.5 Å². The largest absolute Gasteiger partial charge is 0.545 e. The van der Waals surface area contributed by atoms with Gasteiger partial charge in [0.15, 0.2) is 5.37 Å². The van der Waals surface area contributed by atoms with Crippen LogP contribution in [0.5, 0.6) is 0 Å². The first-order chi connectivity index (χ1) is 13.5. The summed E-state index contributed by atoms with van der Waals surface area (Å²) in [6.45, 7) is 0.0890. The van der Waals surface area contributed by atoms with Gasteiger partial charge >= 0.3 is 0 Å². The van der Waals surface area contributed by atoms with Crippen LogP contribution in [0.1, 0.15) is 15.9 Å². The molecule has 1 aliphatic heterocycles. The fourth-order valence-electron chi connectivity index (χ4n) is 3.10. The lowest BCUT2D eigenvalue weighted by Gasteiger charge is -2.16. The Morgan fingerprint density at radius 2 is 1.71 bits per heavy atom. The molecule has 1 aliphatic rings. The minimum absolute atomic E-state index is 0.0488. The van der Waals surface area contributed by atoms with Crippen molar-refractivity contribution in [3.63, 3.8) is 0 Å². The summed E-state index contributed by atoms with van der Waals surface area (Å²) in [5, 5.41) is 15.0. The molecule has 4 rings (SSSR count). The predicted octanol–water partition coefficient (Wildman–Crippen LogP) is 2.84. The second-order valence-corrected chi connectivity index (χ2v) is 7.40. The molecule has 1 heterocycles. The quantitative estimate of drug-likeness (QED) is 0.719. The number of rotatable bonds is 5. The van der Waals surface area contributed by atoms with Crippen molar-refractivity contribution >= 4 is 45.3 Å². The van der Waals surface area contributed by atoms with Crippen LogP contribution in [0, 0.1) is 0 Å². The van der Waals surface area contributed by atoms with Gasteiger partial charge in [0, 0.05) is 11.1 Å². The molecule has 1 saturated heterocycles. The lowest BCUT2D eigenvalue weighted by atomic mass is 10.1. The van der Waals surface area contributed by atoms with Crippen LogP contribution in [0.4, 0.5) is 10.5 Å². The van der Waals surface area contributed by atoms with E-state index in [1.165, 1.54) is 17.0 Å². The number of nitrogens with one attached hydrogen (secondary N) is 1. The van der Waals surface area contributed by atoms with Crippen LogP contribution < -0.4 is 10.4 Å². The fourth-order valence-corrected chi connectivity index (χ4v) is 4.00. The van der Waals surface area contributed by atoms with E-state index < -0.39 is 11.3 Å². The van der Waals surface area contributed by atoms with Gasteiger partial charge in [-0.2, -0.15) is 0 Å². The third-order valence-corrected chi connectivity index (χ3v) is 5.51. The highest BCUT2D eigenvalue weighted by molar-refractivity contribution is 8.15. The summed E-state index contributed by atoms with van der Waals surface area (Å²) in [5.74, 6) is -1.60. The van der Waals surface area contributed by atoms with Gasteiger partial charge in [-0.05, 0) is 34.3 Å². The zero-order valence-corrected chi connectivity index (χ0v) is 15.4. The summed E-state index contributed by atoms with van der Waals surface area (Å²) < 4.78 is 0. The first kappa shape index (κ1) is 18.1. The molecule has 3 aromatic carbocycles. The maximum Gasteiger partial charge on any atom is 0.291 e. The summed E-state index contributed by atoms with van der Waals surface area (Å²) in [6, 6.07) is 19.5. The number of anilines is 1. The maximum atomic E-state index is 12.8. The van der Waals surface area contributed by atoms with E-state index >= 15 is 0 Å². The molecule has 3 aromatic rings. The van der Waals surface area contributed by atoms with Crippen molar-refractivity contribution in [2.45, 2.75) is 11.9 Å². The Morgan fingerprint density at radius 1 is 1.00 bits per heavy atom. The average Bonchev–Trinajstić information content (AvgIpc) is 2.96. The molecule has 0 spiro atoms. The van der Waals surface area contributed by atoms with Gasteiger partial charge < -0.3 is 15.2 Å². The van der Waals surface area contributed by atoms with E-state index in [4.69, 9.17) is 0 Å². The predicted molar refractivity (Wildman–Crippen MR) is 106 cm³/mol. The summed E-state index contributed by atoms with van der Waals surface area (Å²) >= 11 is 0.935. The number of fused-ring (bicyclic) bond motifs is 1. The van der Waals surface area contributed by atoms with Crippen LogP contribution in [-0.4, -0.2) is 27.4 Å². The number of benzene rings is 3. The van der Waals surface area contributed by atoms with Crippen LogP contribution in [-0.2, 0) is 11.3 Å². The van der Waals surface area contributed by atoms with Crippen molar-refractivity contribution in [3.8, 4) is 0 Å². The normalized spacial score (nSPS) is 16.6. The SMILES string of the molecule is O=C([O-])c1ccc(CN2C(=O)S[C@@H](Nc3cccc4ccccc34)C2=O)cc1. The van der Waals surface area contributed by atoms with Gasteiger partial charge in [0.1, 0.15) is 0 Å². The highest BCUT2D eigenvalue weighted by atomic mass is 32.2. The van der Waals surface area contributed by atoms with E-state index in [1.54, 1.807) is 12.1 Å². The molecule has 1 N–H and O–H groups in total. The van der Waals surface area contributed by atoms with Crippen molar-refractivity contribution in [3.05, 3.63) is 77.9 Å². The van der Waals surface area contributed by atoms with Crippen molar-refractivity contribution in [2.24, 2.45) is 0 Å². The van der Waals surface area contributed by atoms with Crippen molar-refractivity contribution in [2.75, 3.05) is 5.32 Å². The molecule has 0 bridgehead atoms. The lowest BCUT2D eigenvalue weighted by molar-refractivity contribution is -0.255. The first-order valence-electron chi connectivity index (χ1n) is 8.59. The third-order valence-electron chi connectivity index (χ3n) is 4.54. The summed E-state index contributed by atoms with van der Waals surface area (Å²) in [4.78, 5) is 37.1. The van der Waals surface area contributed by atoms with Gasteiger partial charge in [0.25, 0.3) is 11.1 Å². The van der Waals surface area contributed by atoms with E-state index in [2.05, 4.69) is 5.32 Å². The van der Waals surface area contributed by atoms with Crippen LogP contribution in [0.2, 0.25) is 0 Å². The molecule has 0 unspecified atom stereocenters. The molecule has 0 radical (unpaired) electrons. The summed E-state index contributed by atoms with van der Waals surface area (Å²) in [6.07, 6.45) is 0. The van der Waals surface area contributed by atoms with Crippen molar-refractivity contribution in [1.82, 2.24) is 4.90 Å². The monoisotopic (exact) mass is 391 g/mol. The van der Waals surface area contributed by atoms with E-state index in [0.717, 1.165) is 28.2 Å². The number of imide groups is 1. The Bertz CT molecular complexity index is 1080. The van der Waals surface area contributed by atoms with Gasteiger partial charge in [-0.25, -0.2) is 0 Å². The number of carboxylic acids is 1. The maximum absolute atomic E-state index is 12.8. The molecule has 0 aromatic heterocycles. The minimum Gasteiger partial charge on any atom is -0.545 e. The Kier molecular flexibility index (Phi) is 4.75. The Labute approximate surface area is 165 Å². The molecular formula is C21H15N2O4S-. The second-order valence-electron chi connectivity index (χ2n) is 6.34. The van der Waals surface area contributed by atoms with Crippen LogP contribution in [0.25, 0.3) is 10.8 Å². The van der Waals surface area contributed by atoms with E-state index in [-0.39, 0.29) is 23.3 Å². The van der Waals surface area contributed by atoms with Gasteiger partial charge in [-0.3, -0.25) is 14.5 Å². The first-order valence-corrected chi connectivity index (χ1v) is 9.47. The van der Waals surface area contributed by atoms with E-state index in [1.807, 2.05) is 42.5 Å². The number of carboxylic acid groups (broad SMARTS) is 1. The molecule has 0 saturated carbocycles. The minimum atomic E-state index is -1.27. The molecule has 0 aliphatic carbocycles. The molecular weight excluding hydrogens is 376 g/mol. The number of hydrogen-bond donors (Lipinski definition) is 1. The zero-order chi connectivity index (χ0) is 19.7. The average molecular weight is 391 g/mol. The van der Waals surface area contributed by atoms with E-state index in [9.17, 15) is 19.5 Å². The molecule has 6 nitrogen and oxygen atoms in total. The Balaban J connectivity index is 1.51. The number of nitrogens with zero attached hydrogens (tertiary/aromatic N) is 1. The van der Waals surface area contributed by atoms with Crippen molar-refractivity contribution in [1.29, 1.82) is 0 Å². The Hall–Kier alpha value is -3.32. The highest BCUT2D eigenvalue weighted by Gasteiger charge is 2.39. The van der Waals surface area contributed by atoms with Crippen LogP contribution in [0.3, 0.4) is 0 Å². The number of thioether (sulfide) groups is 1. The molecule has 28 heavy (non-hydrogen) atoms. The second kappa shape index (κ2) is 7.36. The molecule has 7 heteroatoms. The fraction of sp³-hybridized carbons (Fsp3) is 0.0952. The molecule has 2 amide bonds. The van der Waals surface area contributed by atoms with Gasteiger partial charge in [-0.1, -0.05) is 60.7 Å². The summed E-state index contributed by atoms with van der Waals surface area (Å²) in [5.41, 5.74) is 1.50. The Morgan fingerprint density at radius 3 is 2.46 bits per heavy atom. The molecule has 1 atom stereocenters. The number of carbonyl (C=O) groups excluding carboxylic acids is 3. The number of aromatic carboxylic acids is 1. The standard InChI is InChI=1S/C21H16N2O4S/c24-19-18(22-17-7-3-5-14-4-1-2-6-16(14)17)28-21(27)23(19)12-13-8-10-15(11-9-13)20(25)26/h1-11,18,22H,12H2,(H,25,26)/p-1/t18-/m1/s1. The van der Waals surface area contributed by atoms with Gasteiger partial charge in [-0.15, -0.1) is 0 Å². The molecule has 140 valence electrons.